The number of furan rings is 1. The van der Waals surface area contributed by atoms with Gasteiger partial charge in [-0.05, 0) is 43.0 Å². The summed E-state index contributed by atoms with van der Waals surface area (Å²) in [6.07, 6.45) is 3.48. The molecule has 0 aliphatic heterocycles. The molecule has 96 valence electrons. The molecule has 1 unspecified atom stereocenters. The van der Waals surface area contributed by atoms with Crippen LogP contribution in [0.2, 0.25) is 0 Å². The van der Waals surface area contributed by atoms with E-state index in [1.165, 1.54) is 16.7 Å². The Kier molecular flexibility index (Phi) is 3.87. The van der Waals surface area contributed by atoms with Crippen molar-refractivity contribution in [3.05, 3.63) is 58.5 Å². The molecule has 2 N–H and O–H groups in total. The van der Waals surface area contributed by atoms with Crippen molar-refractivity contribution in [2.45, 2.75) is 39.7 Å². The third-order valence-electron chi connectivity index (χ3n) is 3.53. The highest BCUT2D eigenvalue weighted by Gasteiger charge is 2.13. The topological polar surface area (TPSA) is 39.2 Å². The molecule has 2 aromatic rings. The highest BCUT2D eigenvalue weighted by molar-refractivity contribution is 5.32. The van der Waals surface area contributed by atoms with Gasteiger partial charge in [0.25, 0.3) is 0 Å². The SMILES string of the molecule is CCc1occc1C(N)Cc1ccc(C)c(C)c1. The van der Waals surface area contributed by atoms with Gasteiger partial charge < -0.3 is 10.2 Å². The fourth-order valence-corrected chi connectivity index (χ4v) is 2.26. The molecule has 1 heterocycles. The first-order valence-corrected chi connectivity index (χ1v) is 6.49. The van der Waals surface area contributed by atoms with Crippen LogP contribution in [0.1, 0.15) is 41.0 Å². The molecule has 0 amide bonds. The highest BCUT2D eigenvalue weighted by atomic mass is 16.3. The molecule has 0 aliphatic rings. The van der Waals surface area contributed by atoms with Gasteiger partial charge in [0, 0.05) is 18.0 Å². The largest absolute Gasteiger partial charge is 0.469 e. The maximum atomic E-state index is 6.28. The zero-order valence-corrected chi connectivity index (χ0v) is 11.4. The monoisotopic (exact) mass is 243 g/mol. The third-order valence-corrected chi connectivity index (χ3v) is 3.53. The molecule has 0 bridgehead atoms. The van der Waals surface area contributed by atoms with Crippen LogP contribution < -0.4 is 5.73 Å². The lowest BCUT2D eigenvalue weighted by Crippen LogP contribution is -2.14. The molecule has 0 saturated carbocycles. The number of nitrogens with two attached hydrogens (primary N) is 1. The number of hydrogen-bond acceptors (Lipinski definition) is 2. The minimum Gasteiger partial charge on any atom is -0.469 e. The van der Waals surface area contributed by atoms with E-state index in [-0.39, 0.29) is 6.04 Å². The average molecular weight is 243 g/mol. The van der Waals surface area contributed by atoms with Gasteiger partial charge in [-0.2, -0.15) is 0 Å². The number of hydrogen-bond donors (Lipinski definition) is 1. The summed E-state index contributed by atoms with van der Waals surface area (Å²) in [7, 11) is 0. The normalized spacial score (nSPS) is 12.7. The van der Waals surface area contributed by atoms with E-state index in [1.807, 2.05) is 6.07 Å². The molecule has 2 rings (SSSR count). The van der Waals surface area contributed by atoms with Gasteiger partial charge in [-0.25, -0.2) is 0 Å². The molecule has 0 aliphatic carbocycles. The summed E-state index contributed by atoms with van der Waals surface area (Å²) in [6.45, 7) is 6.36. The zero-order valence-electron chi connectivity index (χ0n) is 11.4. The Balaban J connectivity index is 2.16. The maximum absolute atomic E-state index is 6.28. The Morgan fingerprint density at radius 1 is 1.17 bits per heavy atom. The Labute approximate surface area is 109 Å². The van der Waals surface area contributed by atoms with Crippen molar-refractivity contribution in [3.63, 3.8) is 0 Å². The van der Waals surface area contributed by atoms with E-state index >= 15 is 0 Å². The predicted molar refractivity (Wildman–Crippen MR) is 74.6 cm³/mol. The lowest BCUT2D eigenvalue weighted by atomic mass is 9.97. The fourth-order valence-electron chi connectivity index (χ4n) is 2.26. The lowest BCUT2D eigenvalue weighted by Gasteiger charge is -2.12. The fraction of sp³-hybridized carbons (Fsp3) is 0.375. The molecule has 2 nitrogen and oxygen atoms in total. The maximum Gasteiger partial charge on any atom is 0.108 e. The molecule has 18 heavy (non-hydrogen) atoms. The standard InChI is InChI=1S/C16H21NO/c1-4-16-14(7-8-18-16)15(17)10-13-6-5-11(2)12(3)9-13/h5-9,15H,4,10,17H2,1-3H3. The van der Waals surface area contributed by atoms with E-state index in [4.69, 9.17) is 10.2 Å². The molecule has 0 spiro atoms. The van der Waals surface area contributed by atoms with Crippen LogP contribution in [0.4, 0.5) is 0 Å². The van der Waals surface area contributed by atoms with Gasteiger partial charge in [-0.15, -0.1) is 0 Å². The molecule has 2 heteroatoms. The van der Waals surface area contributed by atoms with Crippen molar-refractivity contribution in [1.29, 1.82) is 0 Å². The quantitative estimate of drug-likeness (QED) is 0.889. The summed E-state index contributed by atoms with van der Waals surface area (Å²) in [4.78, 5) is 0. The zero-order chi connectivity index (χ0) is 13.1. The Morgan fingerprint density at radius 3 is 2.61 bits per heavy atom. The van der Waals surface area contributed by atoms with E-state index < -0.39 is 0 Å². The molecule has 0 saturated heterocycles. The Morgan fingerprint density at radius 2 is 1.94 bits per heavy atom. The average Bonchev–Trinajstić information content (AvgIpc) is 2.82. The van der Waals surface area contributed by atoms with Gasteiger partial charge in [0.2, 0.25) is 0 Å². The summed E-state index contributed by atoms with van der Waals surface area (Å²) < 4.78 is 5.44. The van der Waals surface area contributed by atoms with Crippen molar-refractivity contribution in [3.8, 4) is 0 Å². The molecular weight excluding hydrogens is 222 g/mol. The molecule has 0 fully saturated rings. The first kappa shape index (κ1) is 12.9. The van der Waals surface area contributed by atoms with Crippen molar-refractivity contribution >= 4 is 0 Å². The minimum atomic E-state index is 0.0146. The molecule has 1 aromatic carbocycles. The minimum absolute atomic E-state index is 0.0146. The lowest BCUT2D eigenvalue weighted by molar-refractivity contribution is 0.505. The Hall–Kier alpha value is -1.54. The van der Waals surface area contributed by atoms with Crippen molar-refractivity contribution in [1.82, 2.24) is 0 Å². The second-order valence-corrected chi connectivity index (χ2v) is 4.88. The first-order chi connectivity index (χ1) is 8.61. The first-order valence-electron chi connectivity index (χ1n) is 6.49. The van der Waals surface area contributed by atoms with Gasteiger partial charge >= 0.3 is 0 Å². The van der Waals surface area contributed by atoms with Crippen LogP contribution in [0, 0.1) is 13.8 Å². The summed E-state index contributed by atoms with van der Waals surface area (Å²) in [5.41, 5.74) is 11.3. The van der Waals surface area contributed by atoms with Crippen LogP contribution in [0.25, 0.3) is 0 Å². The van der Waals surface area contributed by atoms with Crippen LogP contribution in [0.5, 0.6) is 0 Å². The second kappa shape index (κ2) is 5.40. The number of rotatable bonds is 4. The predicted octanol–water partition coefficient (Wildman–Crippen LogP) is 3.70. The van der Waals surface area contributed by atoms with Gasteiger partial charge in [0.15, 0.2) is 0 Å². The van der Waals surface area contributed by atoms with E-state index in [0.29, 0.717) is 0 Å². The van der Waals surface area contributed by atoms with Gasteiger partial charge in [0.05, 0.1) is 6.26 Å². The van der Waals surface area contributed by atoms with Gasteiger partial charge in [-0.3, -0.25) is 0 Å². The smallest absolute Gasteiger partial charge is 0.108 e. The summed E-state index contributed by atoms with van der Waals surface area (Å²) in [5.74, 6) is 1.01. The number of benzene rings is 1. The van der Waals surface area contributed by atoms with E-state index in [1.54, 1.807) is 6.26 Å². The third kappa shape index (κ3) is 2.65. The van der Waals surface area contributed by atoms with Gasteiger partial charge in [0.1, 0.15) is 5.76 Å². The van der Waals surface area contributed by atoms with Crippen LogP contribution in [0.3, 0.4) is 0 Å². The summed E-state index contributed by atoms with van der Waals surface area (Å²) in [6, 6.07) is 8.55. The van der Waals surface area contributed by atoms with Crippen molar-refractivity contribution < 1.29 is 4.42 Å². The molecule has 1 atom stereocenters. The molecular formula is C16H21NO. The highest BCUT2D eigenvalue weighted by Crippen LogP contribution is 2.22. The second-order valence-electron chi connectivity index (χ2n) is 4.88. The van der Waals surface area contributed by atoms with Crippen LogP contribution >= 0.6 is 0 Å². The molecule has 0 radical (unpaired) electrons. The van der Waals surface area contributed by atoms with Crippen LogP contribution in [-0.4, -0.2) is 0 Å². The van der Waals surface area contributed by atoms with E-state index in [0.717, 1.165) is 24.2 Å². The van der Waals surface area contributed by atoms with Crippen molar-refractivity contribution in [2.24, 2.45) is 5.73 Å². The van der Waals surface area contributed by atoms with Crippen molar-refractivity contribution in [2.75, 3.05) is 0 Å². The summed E-state index contributed by atoms with van der Waals surface area (Å²) >= 11 is 0. The van der Waals surface area contributed by atoms with Gasteiger partial charge in [-0.1, -0.05) is 25.1 Å². The van der Waals surface area contributed by atoms with E-state index in [9.17, 15) is 0 Å². The van der Waals surface area contributed by atoms with Crippen LogP contribution in [-0.2, 0) is 12.8 Å². The number of aryl methyl sites for hydroxylation is 3. The van der Waals surface area contributed by atoms with Crippen LogP contribution in [0.15, 0.2) is 34.9 Å². The summed E-state index contributed by atoms with van der Waals surface area (Å²) in [5, 5.41) is 0. The molecule has 1 aromatic heterocycles. The Bertz CT molecular complexity index is 528. The van der Waals surface area contributed by atoms with E-state index in [2.05, 4.69) is 39.0 Å².